The van der Waals surface area contributed by atoms with E-state index in [4.69, 9.17) is 0 Å². The summed E-state index contributed by atoms with van der Waals surface area (Å²) in [6.07, 6.45) is 2.57. The standard InChI is InChI=1S/C16H18N2O/c1-5-6-15-12(3)17-18(13(15)4)16(19)14-9-7-11(2)8-10-14/h5,7-10H,1,6H2,2-4H3. The summed E-state index contributed by atoms with van der Waals surface area (Å²) in [4.78, 5) is 12.4. The molecule has 1 heterocycles. The molecule has 3 nitrogen and oxygen atoms in total. The summed E-state index contributed by atoms with van der Waals surface area (Å²) in [6.45, 7) is 9.58. The van der Waals surface area contributed by atoms with E-state index in [2.05, 4.69) is 11.7 Å². The monoisotopic (exact) mass is 254 g/mol. The Kier molecular flexibility index (Phi) is 3.65. The predicted molar refractivity (Wildman–Crippen MR) is 76.5 cm³/mol. The number of benzene rings is 1. The van der Waals surface area contributed by atoms with Gasteiger partial charge < -0.3 is 0 Å². The molecule has 0 aliphatic heterocycles. The third kappa shape index (κ3) is 2.50. The average Bonchev–Trinajstić information content (AvgIpc) is 2.67. The van der Waals surface area contributed by atoms with Crippen molar-refractivity contribution >= 4 is 5.91 Å². The van der Waals surface area contributed by atoms with Crippen LogP contribution in [0.15, 0.2) is 36.9 Å². The van der Waals surface area contributed by atoms with Crippen LogP contribution in [0.5, 0.6) is 0 Å². The van der Waals surface area contributed by atoms with Crippen LogP contribution in [0.25, 0.3) is 0 Å². The fourth-order valence-corrected chi connectivity index (χ4v) is 2.13. The van der Waals surface area contributed by atoms with E-state index >= 15 is 0 Å². The van der Waals surface area contributed by atoms with Crippen LogP contribution < -0.4 is 0 Å². The Hall–Kier alpha value is -2.16. The maximum absolute atomic E-state index is 12.4. The van der Waals surface area contributed by atoms with Crippen molar-refractivity contribution in [2.24, 2.45) is 0 Å². The van der Waals surface area contributed by atoms with Crippen LogP contribution in [0.4, 0.5) is 0 Å². The maximum atomic E-state index is 12.4. The number of carbonyl (C=O) groups excluding carboxylic acids is 1. The third-order valence-electron chi connectivity index (χ3n) is 3.28. The average molecular weight is 254 g/mol. The van der Waals surface area contributed by atoms with Crippen LogP contribution in [0.2, 0.25) is 0 Å². The van der Waals surface area contributed by atoms with Crippen molar-refractivity contribution in [1.29, 1.82) is 0 Å². The molecule has 1 aromatic heterocycles. The zero-order valence-electron chi connectivity index (χ0n) is 11.6. The molecule has 1 aromatic carbocycles. The molecule has 0 N–H and O–H groups in total. The molecule has 2 rings (SSSR count). The molecule has 0 amide bonds. The second-order valence-corrected chi connectivity index (χ2v) is 4.73. The Balaban J connectivity index is 2.42. The molecule has 0 fully saturated rings. The molecule has 0 bridgehead atoms. The van der Waals surface area contributed by atoms with Crippen LogP contribution in [-0.4, -0.2) is 15.7 Å². The molecular formula is C16H18N2O. The summed E-state index contributed by atoms with van der Waals surface area (Å²) in [5.41, 5.74) is 4.65. The van der Waals surface area contributed by atoms with E-state index in [1.54, 1.807) is 0 Å². The lowest BCUT2D eigenvalue weighted by Gasteiger charge is -2.04. The second-order valence-electron chi connectivity index (χ2n) is 4.73. The highest BCUT2D eigenvalue weighted by Crippen LogP contribution is 2.16. The maximum Gasteiger partial charge on any atom is 0.278 e. The highest BCUT2D eigenvalue weighted by Gasteiger charge is 2.16. The molecule has 0 aliphatic rings. The molecule has 0 unspecified atom stereocenters. The van der Waals surface area contributed by atoms with Crippen LogP contribution in [-0.2, 0) is 6.42 Å². The van der Waals surface area contributed by atoms with Crippen molar-refractivity contribution < 1.29 is 4.79 Å². The fourth-order valence-electron chi connectivity index (χ4n) is 2.13. The number of rotatable bonds is 3. The first-order valence-corrected chi connectivity index (χ1v) is 6.32. The summed E-state index contributed by atoms with van der Waals surface area (Å²) >= 11 is 0. The topological polar surface area (TPSA) is 34.9 Å². The number of nitrogens with zero attached hydrogens (tertiary/aromatic N) is 2. The molecule has 2 aromatic rings. The lowest BCUT2D eigenvalue weighted by Crippen LogP contribution is -2.15. The molecule has 0 saturated carbocycles. The van der Waals surface area contributed by atoms with Gasteiger partial charge in [0.1, 0.15) is 0 Å². The second kappa shape index (κ2) is 5.22. The van der Waals surface area contributed by atoms with E-state index in [1.165, 1.54) is 4.68 Å². The van der Waals surface area contributed by atoms with Gasteiger partial charge in [-0.2, -0.15) is 5.10 Å². The van der Waals surface area contributed by atoms with Crippen LogP contribution in [0.1, 0.15) is 32.9 Å². The molecule has 0 aliphatic carbocycles. The lowest BCUT2D eigenvalue weighted by atomic mass is 10.1. The number of allylic oxidation sites excluding steroid dienone is 1. The first kappa shape index (κ1) is 13.3. The van der Waals surface area contributed by atoms with Gasteiger partial charge in [-0.25, -0.2) is 4.68 Å². The number of hydrogen-bond acceptors (Lipinski definition) is 2. The molecular weight excluding hydrogens is 236 g/mol. The molecule has 0 radical (unpaired) electrons. The van der Waals surface area contributed by atoms with Gasteiger partial charge in [0.15, 0.2) is 0 Å². The summed E-state index contributed by atoms with van der Waals surface area (Å²) in [5.74, 6) is -0.0871. The van der Waals surface area contributed by atoms with Crippen molar-refractivity contribution in [2.75, 3.05) is 0 Å². The number of hydrogen-bond donors (Lipinski definition) is 0. The van der Waals surface area contributed by atoms with E-state index < -0.39 is 0 Å². The van der Waals surface area contributed by atoms with Gasteiger partial charge in [-0.05, 0) is 39.3 Å². The number of aromatic nitrogens is 2. The van der Waals surface area contributed by atoms with Gasteiger partial charge in [-0.1, -0.05) is 23.8 Å². The summed E-state index contributed by atoms with van der Waals surface area (Å²) in [7, 11) is 0. The van der Waals surface area contributed by atoms with Gasteiger partial charge in [0.25, 0.3) is 5.91 Å². The Bertz CT molecular complexity index is 621. The Morgan fingerprint density at radius 2 is 1.89 bits per heavy atom. The zero-order chi connectivity index (χ0) is 14.0. The molecule has 19 heavy (non-hydrogen) atoms. The van der Waals surface area contributed by atoms with Gasteiger partial charge in [0.2, 0.25) is 0 Å². The van der Waals surface area contributed by atoms with Crippen molar-refractivity contribution in [1.82, 2.24) is 9.78 Å². The van der Waals surface area contributed by atoms with E-state index in [0.717, 1.165) is 28.9 Å². The summed E-state index contributed by atoms with van der Waals surface area (Å²) in [5, 5.41) is 4.35. The van der Waals surface area contributed by atoms with Crippen molar-refractivity contribution in [2.45, 2.75) is 27.2 Å². The van der Waals surface area contributed by atoms with Crippen molar-refractivity contribution in [3.8, 4) is 0 Å². The minimum atomic E-state index is -0.0871. The zero-order valence-corrected chi connectivity index (χ0v) is 11.6. The number of carbonyl (C=O) groups is 1. The van der Waals surface area contributed by atoms with Crippen molar-refractivity contribution in [3.05, 3.63) is 65.0 Å². The number of aryl methyl sites for hydroxylation is 2. The third-order valence-corrected chi connectivity index (χ3v) is 3.28. The lowest BCUT2D eigenvalue weighted by molar-refractivity contribution is 0.0942. The van der Waals surface area contributed by atoms with Gasteiger partial charge >= 0.3 is 0 Å². The SMILES string of the molecule is C=CCc1c(C)nn(C(=O)c2ccc(C)cc2)c1C. The normalized spacial score (nSPS) is 10.5. The Morgan fingerprint density at radius 1 is 1.26 bits per heavy atom. The minimum absolute atomic E-state index is 0.0871. The first-order chi connectivity index (χ1) is 9.04. The van der Waals surface area contributed by atoms with Crippen molar-refractivity contribution in [3.63, 3.8) is 0 Å². The van der Waals surface area contributed by atoms with Gasteiger partial charge in [-0.15, -0.1) is 6.58 Å². The van der Waals surface area contributed by atoms with Gasteiger partial charge in [-0.3, -0.25) is 4.79 Å². The first-order valence-electron chi connectivity index (χ1n) is 6.32. The molecule has 3 heteroatoms. The van der Waals surface area contributed by atoms with E-state index in [-0.39, 0.29) is 5.91 Å². The van der Waals surface area contributed by atoms with E-state index in [9.17, 15) is 4.79 Å². The largest absolute Gasteiger partial charge is 0.278 e. The Labute approximate surface area is 113 Å². The molecule has 0 saturated heterocycles. The minimum Gasteiger partial charge on any atom is -0.267 e. The summed E-state index contributed by atoms with van der Waals surface area (Å²) < 4.78 is 1.48. The quantitative estimate of drug-likeness (QED) is 0.788. The highest BCUT2D eigenvalue weighted by molar-refractivity contribution is 5.96. The molecule has 0 spiro atoms. The van der Waals surface area contributed by atoms with Crippen LogP contribution in [0.3, 0.4) is 0 Å². The van der Waals surface area contributed by atoms with E-state index in [0.29, 0.717) is 5.56 Å². The molecule has 98 valence electrons. The Morgan fingerprint density at radius 3 is 2.47 bits per heavy atom. The van der Waals surface area contributed by atoms with Gasteiger partial charge in [0.05, 0.1) is 5.69 Å². The fraction of sp³-hybridized carbons (Fsp3) is 0.250. The van der Waals surface area contributed by atoms with Gasteiger partial charge in [0, 0.05) is 16.8 Å². The predicted octanol–water partition coefficient (Wildman–Crippen LogP) is 3.23. The van der Waals surface area contributed by atoms with E-state index in [1.807, 2.05) is 51.1 Å². The highest BCUT2D eigenvalue weighted by atomic mass is 16.2. The summed E-state index contributed by atoms with van der Waals surface area (Å²) in [6, 6.07) is 7.54. The molecule has 0 atom stereocenters. The van der Waals surface area contributed by atoms with Crippen LogP contribution >= 0.6 is 0 Å². The smallest absolute Gasteiger partial charge is 0.267 e. The van der Waals surface area contributed by atoms with Crippen LogP contribution in [0, 0.1) is 20.8 Å².